The molecule has 19 heavy (non-hydrogen) atoms. The molecule has 98 valence electrons. The Labute approximate surface area is 110 Å². The molecule has 1 atom stereocenters. The summed E-state index contributed by atoms with van der Waals surface area (Å²) >= 11 is 0. The fraction of sp³-hybridized carbons (Fsp3) is 0.214. The van der Waals surface area contributed by atoms with Gasteiger partial charge in [0, 0.05) is 24.4 Å². The normalized spacial score (nSPS) is 14.2. The maximum absolute atomic E-state index is 5.83. The number of ether oxygens (including phenoxy) is 3. The minimum absolute atomic E-state index is 0.0536. The third kappa shape index (κ3) is 2.46. The highest BCUT2D eigenvalue weighted by Crippen LogP contribution is 2.36. The van der Waals surface area contributed by atoms with Crippen LogP contribution in [0.4, 0.5) is 0 Å². The number of fused-ring (bicyclic) bond motifs is 1. The molecule has 1 aromatic carbocycles. The van der Waals surface area contributed by atoms with E-state index in [-0.39, 0.29) is 12.8 Å². The van der Waals surface area contributed by atoms with Crippen molar-refractivity contribution in [1.82, 2.24) is 4.98 Å². The van der Waals surface area contributed by atoms with Gasteiger partial charge in [-0.2, -0.15) is 0 Å². The number of nitrogens with zero attached hydrogens (tertiary/aromatic N) is 1. The highest BCUT2D eigenvalue weighted by Gasteiger charge is 2.14. The zero-order chi connectivity index (χ0) is 13.2. The average molecular weight is 258 g/mol. The van der Waals surface area contributed by atoms with Crippen LogP contribution in [0.3, 0.4) is 0 Å². The van der Waals surface area contributed by atoms with Gasteiger partial charge in [-0.05, 0) is 30.7 Å². The molecule has 5 nitrogen and oxygen atoms in total. The van der Waals surface area contributed by atoms with E-state index in [1.165, 1.54) is 0 Å². The van der Waals surface area contributed by atoms with Crippen LogP contribution in [0, 0.1) is 0 Å². The average Bonchev–Trinajstić information content (AvgIpc) is 2.86. The van der Waals surface area contributed by atoms with E-state index < -0.39 is 0 Å². The van der Waals surface area contributed by atoms with Crippen LogP contribution in [0.25, 0.3) is 0 Å². The van der Waals surface area contributed by atoms with Crippen molar-refractivity contribution in [2.45, 2.75) is 13.0 Å². The first-order chi connectivity index (χ1) is 9.22. The first kappa shape index (κ1) is 11.8. The molecule has 0 fully saturated rings. The molecule has 1 aromatic heterocycles. The van der Waals surface area contributed by atoms with Crippen molar-refractivity contribution in [3.8, 4) is 23.1 Å². The van der Waals surface area contributed by atoms with Gasteiger partial charge in [-0.25, -0.2) is 4.98 Å². The Morgan fingerprint density at radius 3 is 2.89 bits per heavy atom. The highest BCUT2D eigenvalue weighted by atomic mass is 16.7. The van der Waals surface area contributed by atoms with E-state index >= 15 is 0 Å². The van der Waals surface area contributed by atoms with Gasteiger partial charge in [-0.1, -0.05) is 0 Å². The van der Waals surface area contributed by atoms with Gasteiger partial charge >= 0.3 is 0 Å². The van der Waals surface area contributed by atoms with Crippen molar-refractivity contribution in [2.75, 3.05) is 6.79 Å². The van der Waals surface area contributed by atoms with Crippen molar-refractivity contribution < 1.29 is 14.2 Å². The van der Waals surface area contributed by atoms with E-state index in [0.29, 0.717) is 17.4 Å². The molecule has 0 spiro atoms. The lowest BCUT2D eigenvalue weighted by molar-refractivity contribution is 0.174. The van der Waals surface area contributed by atoms with E-state index in [4.69, 9.17) is 19.9 Å². The fourth-order valence-corrected chi connectivity index (χ4v) is 1.82. The van der Waals surface area contributed by atoms with E-state index in [0.717, 1.165) is 11.3 Å². The predicted octanol–water partition coefficient (Wildman–Crippen LogP) is 2.62. The Balaban J connectivity index is 1.83. The number of benzene rings is 1. The molecule has 0 unspecified atom stereocenters. The Hall–Kier alpha value is -2.27. The topological polar surface area (TPSA) is 66.6 Å². The molecule has 2 aromatic rings. The van der Waals surface area contributed by atoms with Crippen LogP contribution in [0.5, 0.6) is 23.1 Å². The highest BCUT2D eigenvalue weighted by molar-refractivity contribution is 5.47. The van der Waals surface area contributed by atoms with Gasteiger partial charge in [0.05, 0.1) is 0 Å². The van der Waals surface area contributed by atoms with Crippen LogP contribution in [0.2, 0.25) is 0 Å². The zero-order valence-electron chi connectivity index (χ0n) is 10.5. The molecule has 1 aliphatic rings. The molecule has 3 rings (SSSR count). The zero-order valence-corrected chi connectivity index (χ0v) is 10.5. The molecule has 0 saturated carbocycles. The summed E-state index contributed by atoms with van der Waals surface area (Å²) in [4.78, 5) is 4.16. The number of rotatable bonds is 3. The summed E-state index contributed by atoms with van der Waals surface area (Å²) in [5.74, 6) is 2.57. The Morgan fingerprint density at radius 2 is 2.05 bits per heavy atom. The Bertz CT molecular complexity index is 599. The molecular weight excluding hydrogens is 244 g/mol. The first-order valence-electron chi connectivity index (χ1n) is 6.01. The van der Waals surface area contributed by atoms with Gasteiger partial charge in [0.2, 0.25) is 12.7 Å². The van der Waals surface area contributed by atoms with Gasteiger partial charge in [-0.15, -0.1) is 0 Å². The van der Waals surface area contributed by atoms with Crippen molar-refractivity contribution in [2.24, 2.45) is 5.73 Å². The van der Waals surface area contributed by atoms with Gasteiger partial charge in [0.15, 0.2) is 11.5 Å². The second-order valence-electron chi connectivity index (χ2n) is 4.33. The smallest absolute Gasteiger partial charge is 0.231 e. The number of aromatic nitrogens is 1. The summed E-state index contributed by atoms with van der Waals surface area (Å²) in [5, 5.41) is 0. The third-order valence-electron chi connectivity index (χ3n) is 2.85. The predicted molar refractivity (Wildman–Crippen MR) is 69.5 cm³/mol. The summed E-state index contributed by atoms with van der Waals surface area (Å²) in [7, 11) is 0. The number of nitrogens with two attached hydrogens (primary N) is 1. The second-order valence-corrected chi connectivity index (χ2v) is 4.33. The van der Waals surface area contributed by atoms with Gasteiger partial charge in [-0.3, -0.25) is 0 Å². The van der Waals surface area contributed by atoms with E-state index in [1.54, 1.807) is 12.3 Å². The van der Waals surface area contributed by atoms with E-state index in [9.17, 15) is 0 Å². The Kier molecular flexibility index (Phi) is 2.97. The summed E-state index contributed by atoms with van der Waals surface area (Å²) in [6.45, 7) is 2.16. The third-order valence-corrected chi connectivity index (χ3v) is 2.85. The molecule has 0 bridgehead atoms. The largest absolute Gasteiger partial charge is 0.454 e. The lowest BCUT2D eigenvalue weighted by atomic mass is 10.1. The summed E-state index contributed by atoms with van der Waals surface area (Å²) in [6, 6.07) is 9.05. The van der Waals surface area contributed by atoms with E-state index in [1.807, 2.05) is 31.2 Å². The monoisotopic (exact) mass is 258 g/mol. The minimum atomic E-state index is -0.0536. The second kappa shape index (κ2) is 4.78. The minimum Gasteiger partial charge on any atom is -0.454 e. The van der Waals surface area contributed by atoms with Crippen molar-refractivity contribution >= 4 is 0 Å². The van der Waals surface area contributed by atoms with Crippen molar-refractivity contribution in [3.63, 3.8) is 0 Å². The molecule has 2 N–H and O–H groups in total. The lowest BCUT2D eigenvalue weighted by Gasteiger charge is -2.09. The van der Waals surface area contributed by atoms with Crippen LogP contribution in [0.15, 0.2) is 36.5 Å². The van der Waals surface area contributed by atoms with Gasteiger partial charge in [0.25, 0.3) is 0 Å². The Morgan fingerprint density at radius 1 is 1.21 bits per heavy atom. The quantitative estimate of drug-likeness (QED) is 0.916. The molecule has 0 amide bonds. The van der Waals surface area contributed by atoms with Crippen LogP contribution in [-0.4, -0.2) is 11.8 Å². The molecule has 0 aliphatic carbocycles. The van der Waals surface area contributed by atoms with Crippen molar-refractivity contribution in [3.05, 3.63) is 42.1 Å². The maximum Gasteiger partial charge on any atom is 0.231 e. The van der Waals surface area contributed by atoms with Gasteiger partial charge in [0.1, 0.15) is 5.75 Å². The van der Waals surface area contributed by atoms with Crippen LogP contribution < -0.4 is 19.9 Å². The van der Waals surface area contributed by atoms with Crippen molar-refractivity contribution in [1.29, 1.82) is 0 Å². The molecule has 0 radical (unpaired) electrons. The van der Waals surface area contributed by atoms with E-state index in [2.05, 4.69) is 4.98 Å². The number of hydrogen-bond acceptors (Lipinski definition) is 5. The summed E-state index contributed by atoms with van der Waals surface area (Å²) in [5.41, 5.74) is 6.81. The van der Waals surface area contributed by atoms with Gasteiger partial charge < -0.3 is 19.9 Å². The summed E-state index contributed by atoms with van der Waals surface area (Å²) in [6.07, 6.45) is 1.68. The number of hydrogen-bond donors (Lipinski definition) is 1. The SMILES string of the molecule is C[C@H](N)c1ccnc(Oc2ccc3c(c2)OCO3)c1. The molecule has 1 aliphatic heterocycles. The summed E-state index contributed by atoms with van der Waals surface area (Å²) < 4.78 is 16.2. The first-order valence-corrected chi connectivity index (χ1v) is 6.01. The van der Waals surface area contributed by atoms with Crippen LogP contribution >= 0.6 is 0 Å². The molecule has 2 heterocycles. The standard InChI is InChI=1S/C14H14N2O3/c1-9(15)10-4-5-16-14(6-10)19-11-2-3-12-13(7-11)18-8-17-12/h2-7,9H,8,15H2,1H3/t9-/m0/s1. The molecule has 0 saturated heterocycles. The lowest BCUT2D eigenvalue weighted by Crippen LogP contribution is -2.05. The molecular formula is C14H14N2O3. The van der Waals surface area contributed by atoms with Crippen LogP contribution in [-0.2, 0) is 0 Å². The number of pyridine rings is 1. The van der Waals surface area contributed by atoms with Crippen LogP contribution in [0.1, 0.15) is 18.5 Å². The molecule has 5 heteroatoms. The fourth-order valence-electron chi connectivity index (χ4n) is 1.82. The maximum atomic E-state index is 5.83.